The summed E-state index contributed by atoms with van der Waals surface area (Å²) in [5, 5.41) is 0. The molecule has 0 radical (unpaired) electrons. The number of ketones is 1. The van der Waals surface area contributed by atoms with E-state index in [1.807, 2.05) is 0 Å². The van der Waals surface area contributed by atoms with E-state index < -0.39 is 11.6 Å². The Bertz CT molecular complexity index is 669. The second-order valence-electron chi connectivity index (χ2n) is 4.38. The smallest absolute Gasteiger partial charge is 0.171 e. The van der Waals surface area contributed by atoms with E-state index in [9.17, 15) is 13.6 Å². The molecule has 0 aliphatic heterocycles. The predicted octanol–water partition coefficient (Wildman–Crippen LogP) is 3.41. The van der Waals surface area contributed by atoms with Gasteiger partial charge in [-0.3, -0.25) is 4.79 Å². The molecule has 2 aromatic rings. The van der Waals surface area contributed by atoms with Crippen LogP contribution in [0.25, 0.3) is 0 Å². The van der Waals surface area contributed by atoms with Crippen LogP contribution in [0, 0.1) is 11.6 Å². The highest BCUT2D eigenvalue weighted by atomic mass is 19.1. The van der Waals surface area contributed by atoms with Crippen LogP contribution in [0.5, 0.6) is 11.5 Å². The lowest BCUT2D eigenvalue weighted by Gasteiger charge is -2.12. The molecule has 0 N–H and O–H groups in total. The van der Waals surface area contributed by atoms with E-state index in [0.717, 1.165) is 12.1 Å². The minimum Gasteiger partial charge on any atom is -0.493 e. The summed E-state index contributed by atoms with van der Waals surface area (Å²) in [6.45, 7) is 0. The molecule has 0 saturated heterocycles. The first-order valence-electron chi connectivity index (χ1n) is 6.25. The van der Waals surface area contributed by atoms with Gasteiger partial charge in [-0.05, 0) is 23.8 Å². The Kier molecular flexibility index (Phi) is 4.52. The number of hydrogen-bond donors (Lipinski definition) is 0. The quantitative estimate of drug-likeness (QED) is 0.792. The van der Waals surface area contributed by atoms with Crippen LogP contribution in [0.1, 0.15) is 15.9 Å². The van der Waals surface area contributed by atoms with Gasteiger partial charge in [-0.25, -0.2) is 8.78 Å². The van der Waals surface area contributed by atoms with Crippen molar-refractivity contribution < 1.29 is 23.0 Å². The van der Waals surface area contributed by atoms with E-state index in [1.165, 1.54) is 20.3 Å². The lowest BCUT2D eigenvalue weighted by atomic mass is 10.0. The minimum absolute atomic E-state index is 0.131. The summed E-state index contributed by atoms with van der Waals surface area (Å²) in [5.74, 6) is -1.04. The van der Waals surface area contributed by atoms with Gasteiger partial charge in [0, 0.05) is 12.5 Å². The SMILES string of the molecule is COc1cccc(C(=O)Cc2ccc(F)cc2F)c1OC. The highest BCUT2D eigenvalue weighted by molar-refractivity contribution is 6.00. The van der Waals surface area contributed by atoms with Crippen LogP contribution in [0.3, 0.4) is 0 Å². The zero-order chi connectivity index (χ0) is 15.4. The molecule has 0 bridgehead atoms. The van der Waals surface area contributed by atoms with Gasteiger partial charge in [0.15, 0.2) is 17.3 Å². The standard InChI is InChI=1S/C16H14F2O3/c1-20-15-5-3-4-12(16(15)21-2)14(19)8-10-6-7-11(17)9-13(10)18/h3-7,9H,8H2,1-2H3. The van der Waals surface area contributed by atoms with E-state index in [1.54, 1.807) is 18.2 Å². The van der Waals surface area contributed by atoms with Crippen LogP contribution >= 0.6 is 0 Å². The zero-order valence-electron chi connectivity index (χ0n) is 11.7. The van der Waals surface area contributed by atoms with Gasteiger partial charge in [-0.2, -0.15) is 0 Å². The van der Waals surface area contributed by atoms with Crippen molar-refractivity contribution in [2.24, 2.45) is 0 Å². The molecule has 0 spiro atoms. The second kappa shape index (κ2) is 6.35. The largest absolute Gasteiger partial charge is 0.493 e. The van der Waals surface area contributed by atoms with Crippen molar-refractivity contribution >= 4 is 5.78 Å². The molecular weight excluding hydrogens is 278 g/mol. The van der Waals surface area contributed by atoms with Gasteiger partial charge in [0.25, 0.3) is 0 Å². The molecular formula is C16H14F2O3. The van der Waals surface area contributed by atoms with Gasteiger partial charge in [-0.15, -0.1) is 0 Å². The van der Waals surface area contributed by atoms with Crippen LogP contribution in [0.15, 0.2) is 36.4 Å². The van der Waals surface area contributed by atoms with Crippen molar-refractivity contribution in [1.82, 2.24) is 0 Å². The molecule has 3 nitrogen and oxygen atoms in total. The maximum atomic E-state index is 13.6. The Morgan fingerprint density at radius 2 is 1.86 bits per heavy atom. The van der Waals surface area contributed by atoms with E-state index >= 15 is 0 Å². The van der Waals surface area contributed by atoms with Crippen molar-refractivity contribution in [1.29, 1.82) is 0 Å². The fourth-order valence-corrected chi connectivity index (χ4v) is 2.04. The van der Waals surface area contributed by atoms with Crippen molar-refractivity contribution in [3.05, 3.63) is 59.2 Å². The number of Topliss-reactive ketones (excluding diaryl/α,β-unsaturated/α-hetero) is 1. The molecule has 0 fully saturated rings. The third-order valence-electron chi connectivity index (χ3n) is 3.07. The topological polar surface area (TPSA) is 35.5 Å². The average molecular weight is 292 g/mol. The molecule has 2 aromatic carbocycles. The molecule has 0 saturated carbocycles. The fourth-order valence-electron chi connectivity index (χ4n) is 2.04. The number of hydrogen-bond acceptors (Lipinski definition) is 3. The van der Waals surface area contributed by atoms with Gasteiger partial charge in [0.05, 0.1) is 19.8 Å². The Hall–Kier alpha value is -2.43. The second-order valence-corrected chi connectivity index (χ2v) is 4.38. The van der Waals surface area contributed by atoms with Crippen LogP contribution in [0.2, 0.25) is 0 Å². The summed E-state index contributed by atoms with van der Waals surface area (Å²) in [4.78, 5) is 12.3. The Balaban J connectivity index is 2.32. The molecule has 0 aromatic heterocycles. The normalized spacial score (nSPS) is 10.3. The molecule has 0 atom stereocenters. The molecule has 110 valence electrons. The Labute approximate surface area is 121 Å². The lowest BCUT2D eigenvalue weighted by molar-refractivity contribution is 0.0988. The molecule has 0 aliphatic carbocycles. The number of rotatable bonds is 5. The van der Waals surface area contributed by atoms with Gasteiger partial charge in [0.1, 0.15) is 11.6 Å². The van der Waals surface area contributed by atoms with E-state index in [4.69, 9.17) is 9.47 Å². The summed E-state index contributed by atoms with van der Waals surface area (Å²) >= 11 is 0. The fraction of sp³-hybridized carbons (Fsp3) is 0.188. The number of ether oxygens (including phenoxy) is 2. The number of carbonyl (C=O) groups excluding carboxylic acids is 1. The molecule has 2 rings (SSSR count). The first-order valence-corrected chi connectivity index (χ1v) is 6.25. The van der Waals surface area contributed by atoms with Gasteiger partial charge >= 0.3 is 0 Å². The molecule has 0 unspecified atom stereocenters. The molecule has 0 amide bonds. The van der Waals surface area contributed by atoms with Gasteiger partial charge in [-0.1, -0.05) is 12.1 Å². The number of halogens is 2. The number of methoxy groups -OCH3 is 2. The highest BCUT2D eigenvalue weighted by Crippen LogP contribution is 2.31. The zero-order valence-corrected chi connectivity index (χ0v) is 11.7. The monoisotopic (exact) mass is 292 g/mol. The summed E-state index contributed by atoms with van der Waals surface area (Å²) in [7, 11) is 2.89. The molecule has 21 heavy (non-hydrogen) atoms. The highest BCUT2D eigenvalue weighted by Gasteiger charge is 2.18. The predicted molar refractivity (Wildman–Crippen MR) is 73.9 cm³/mol. The Morgan fingerprint density at radius 3 is 2.48 bits per heavy atom. The third-order valence-corrected chi connectivity index (χ3v) is 3.07. The molecule has 5 heteroatoms. The maximum Gasteiger partial charge on any atom is 0.171 e. The van der Waals surface area contributed by atoms with Gasteiger partial charge < -0.3 is 9.47 Å². The van der Waals surface area contributed by atoms with Crippen molar-refractivity contribution in [2.45, 2.75) is 6.42 Å². The van der Waals surface area contributed by atoms with Crippen molar-refractivity contribution in [3.8, 4) is 11.5 Å². The van der Waals surface area contributed by atoms with E-state index in [2.05, 4.69) is 0 Å². The van der Waals surface area contributed by atoms with Crippen LogP contribution in [0.4, 0.5) is 8.78 Å². The van der Waals surface area contributed by atoms with Crippen LogP contribution < -0.4 is 9.47 Å². The summed E-state index contributed by atoms with van der Waals surface area (Å²) < 4.78 is 36.8. The summed E-state index contributed by atoms with van der Waals surface area (Å²) in [6, 6.07) is 8.02. The average Bonchev–Trinajstić information content (AvgIpc) is 2.49. The number of para-hydroxylation sites is 1. The molecule has 0 aliphatic rings. The minimum atomic E-state index is -0.745. The number of benzene rings is 2. The maximum absolute atomic E-state index is 13.6. The lowest BCUT2D eigenvalue weighted by Crippen LogP contribution is -2.08. The first-order chi connectivity index (χ1) is 10.1. The Morgan fingerprint density at radius 1 is 1.10 bits per heavy atom. The summed E-state index contributed by atoms with van der Waals surface area (Å²) in [5.41, 5.74) is 0.423. The first kappa shape index (κ1) is 15.0. The van der Waals surface area contributed by atoms with E-state index in [-0.39, 0.29) is 17.8 Å². The summed E-state index contributed by atoms with van der Waals surface area (Å²) in [6.07, 6.45) is -0.185. The van der Waals surface area contributed by atoms with Crippen LogP contribution in [-0.4, -0.2) is 20.0 Å². The van der Waals surface area contributed by atoms with Crippen LogP contribution in [-0.2, 0) is 6.42 Å². The van der Waals surface area contributed by atoms with Crippen molar-refractivity contribution in [3.63, 3.8) is 0 Å². The van der Waals surface area contributed by atoms with Crippen molar-refractivity contribution in [2.75, 3.05) is 14.2 Å². The number of carbonyl (C=O) groups is 1. The molecule has 0 heterocycles. The van der Waals surface area contributed by atoms with Gasteiger partial charge in [0.2, 0.25) is 0 Å². The van der Waals surface area contributed by atoms with E-state index in [0.29, 0.717) is 17.1 Å². The third kappa shape index (κ3) is 3.18.